The maximum atomic E-state index is 10.7. The van der Waals surface area contributed by atoms with Crippen LogP contribution >= 0.6 is 0 Å². The van der Waals surface area contributed by atoms with Gasteiger partial charge in [0.1, 0.15) is 6.10 Å². The second-order valence-corrected chi connectivity index (χ2v) is 5.48. The molecule has 1 aromatic rings. The lowest BCUT2D eigenvalue weighted by Crippen LogP contribution is -2.44. The van der Waals surface area contributed by atoms with E-state index < -0.39 is 11.7 Å². The fraction of sp³-hybridized carbons (Fsp3) is 0.786. The number of aliphatic hydroxyl groups excluding tert-OH is 1. The summed E-state index contributed by atoms with van der Waals surface area (Å²) in [6.07, 6.45) is 5.34. The highest BCUT2D eigenvalue weighted by atomic mass is 16.5. The fourth-order valence-corrected chi connectivity index (χ4v) is 3.21. The van der Waals surface area contributed by atoms with Gasteiger partial charge in [-0.15, -0.1) is 0 Å². The second-order valence-electron chi connectivity index (χ2n) is 5.48. The van der Waals surface area contributed by atoms with Crippen molar-refractivity contribution in [2.45, 2.75) is 51.2 Å². The SMILES string of the molecule is CCOC1(C(O)c2ccnn2C)CCCC(C)C1. The molecule has 1 N–H and O–H groups in total. The zero-order valence-electron chi connectivity index (χ0n) is 11.6. The molecule has 0 spiro atoms. The lowest BCUT2D eigenvalue weighted by molar-refractivity contribution is -0.152. The van der Waals surface area contributed by atoms with E-state index in [1.807, 2.05) is 20.0 Å². The molecule has 1 aromatic heterocycles. The molecule has 1 saturated carbocycles. The van der Waals surface area contributed by atoms with Crippen LogP contribution in [0.2, 0.25) is 0 Å². The zero-order valence-corrected chi connectivity index (χ0v) is 11.6. The van der Waals surface area contributed by atoms with Gasteiger partial charge in [0.25, 0.3) is 0 Å². The molecule has 3 atom stereocenters. The Balaban J connectivity index is 2.26. The van der Waals surface area contributed by atoms with E-state index in [9.17, 15) is 5.11 Å². The lowest BCUT2D eigenvalue weighted by Gasteiger charge is -2.43. The highest BCUT2D eigenvalue weighted by molar-refractivity contribution is 5.11. The molecule has 4 heteroatoms. The fourth-order valence-electron chi connectivity index (χ4n) is 3.21. The number of ether oxygens (including phenoxy) is 1. The number of hydrogen-bond acceptors (Lipinski definition) is 3. The molecule has 1 heterocycles. The molecular formula is C14H24N2O2. The van der Waals surface area contributed by atoms with Gasteiger partial charge >= 0.3 is 0 Å². The van der Waals surface area contributed by atoms with E-state index in [4.69, 9.17) is 4.74 Å². The van der Waals surface area contributed by atoms with E-state index in [2.05, 4.69) is 12.0 Å². The summed E-state index contributed by atoms with van der Waals surface area (Å²) in [4.78, 5) is 0. The van der Waals surface area contributed by atoms with Gasteiger partial charge in [-0.2, -0.15) is 5.10 Å². The van der Waals surface area contributed by atoms with Gasteiger partial charge < -0.3 is 9.84 Å². The van der Waals surface area contributed by atoms with Gasteiger partial charge in [0.05, 0.1) is 11.3 Å². The normalized spacial score (nSPS) is 30.3. The molecule has 0 saturated heterocycles. The number of rotatable bonds is 4. The van der Waals surface area contributed by atoms with Crippen molar-refractivity contribution < 1.29 is 9.84 Å². The molecule has 0 radical (unpaired) electrons. The highest BCUT2D eigenvalue weighted by Gasteiger charge is 2.43. The van der Waals surface area contributed by atoms with Crippen LogP contribution in [0.1, 0.15) is 51.3 Å². The standard InChI is InChI=1S/C14H24N2O2/c1-4-18-14(8-5-6-11(2)10-14)13(17)12-7-9-15-16(12)3/h7,9,11,13,17H,4-6,8,10H2,1-3H3. The van der Waals surface area contributed by atoms with Crippen LogP contribution in [0.15, 0.2) is 12.3 Å². The number of aryl methyl sites for hydroxylation is 1. The van der Waals surface area contributed by atoms with E-state index in [-0.39, 0.29) is 0 Å². The number of aromatic nitrogens is 2. The van der Waals surface area contributed by atoms with Crippen LogP contribution in [0.5, 0.6) is 0 Å². The van der Waals surface area contributed by atoms with E-state index in [0.717, 1.165) is 25.0 Å². The molecule has 1 aliphatic carbocycles. The van der Waals surface area contributed by atoms with Gasteiger partial charge in [-0.1, -0.05) is 19.8 Å². The Labute approximate surface area is 109 Å². The van der Waals surface area contributed by atoms with Gasteiger partial charge in [0.15, 0.2) is 0 Å². The van der Waals surface area contributed by atoms with Gasteiger partial charge in [0, 0.05) is 19.9 Å². The van der Waals surface area contributed by atoms with Crippen LogP contribution in [-0.2, 0) is 11.8 Å². The molecule has 3 unspecified atom stereocenters. The molecule has 0 aliphatic heterocycles. The summed E-state index contributed by atoms with van der Waals surface area (Å²) in [5.41, 5.74) is 0.415. The van der Waals surface area contributed by atoms with Crippen molar-refractivity contribution in [1.29, 1.82) is 0 Å². The first-order chi connectivity index (χ1) is 8.59. The summed E-state index contributed by atoms with van der Waals surface area (Å²) in [5.74, 6) is 0.605. The second kappa shape index (κ2) is 5.41. The molecule has 18 heavy (non-hydrogen) atoms. The molecule has 0 amide bonds. The number of nitrogens with zero attached hydrogens (tertiary/aromatic N) is 2. The maximum absolute atomic E-state index is 10.7. The predicted octanol–water partition coefficient (Wildman–Crippen LogP) is 2.44. The van der Waals surface area contributed by atoms with Crippen molar-refractivity contribution in [2.75, 3.05) is 6.61 Å². The monoisotopic (exact) mass is 252 g/mol. The molecule has 1 aliphatic rings. The average molecular weight is 252 g/mol. The van der Waals surface area contributed by atoms with Crippen molar-refractivity contribution in [3.8, 4) is 0 Å². The topological polar surface area (TPSA) is 47.3 Å². The van der Waals surface area contributed by atoms with Crippen molar-refractivity contribution >= 4 is 0 Å². The molecule has 0 aromatic carbocycles. The Kier molecular flexibility index (Phi) is 4.07. The largest absolute Gasteiger partial charge is 0.384 e. The Hall–Kier alpha value is -0.870. The van der Waals surface area contributed by atoms with Crippen molar-refractivity contribution in [3.63, 3.8) is 0 Å². The third-order valence-electron chi connectivity index (χ3n) is 4.06. The molecule has 0 bridgehead atoms. The predicted molar refractivity (Wildman–Crippen MR) is 70.2 cm³/mol. The summed E-state index contributed by atoms with van der Waals surface area (Å²) in [7, 11) is 1.87. The number of aliphatic hydroxyl groups is 1. The van der Waals surface area contributed by atoms with E-state index in [1.54, 1.807) is 10.9 Å². The first-order valence-electron chi connectivity index (χ1n) is 6.89. The van der Waals surface area contributed by atoms with E-state index in [0.29, 0.717) is 12.5 Å². The van der Waals surface area contributed by atoms with Crippen LogP contribution in [0.4, 0.5) is 0 Å². The molecule has 1 fully saturated rings. The van der Waals surface area contributed by atoms with Gasteiger partial charge in [0.2, 0.25) is 0 Å². The summed E-state index contributed by atoms with van der Waals surface area (Å²) in [6, 6.07) is 1.88. The average Bonchev–Trinajstić information content (AvgIpc) is 2.75. The minimum Gasteiger partial charge on any atom is -0.384 e. The number of hydrogen-bond donors (Lipinski definition) is 1. The highest BCUT2D eigenvalue weighted by Crippen LogP contribution is 2.43. The van der Waals surface area contributed by atoms with E-state index >= 15 is 0 Å². The smallest absolute Gasteiger partial charge is 0.124 e. The van der Waals surface area contributed by atoms with Gasteiger partial charge in [-0.25, -0.2) is 0 Å². The molecule has 102 valence electrons. The molecule has 2 rings (SSSR count). The Bertz CT molecular complexity index is 387. The zero-order chi connectivity index (χ0) is 13.2. The van der Waals surface area contributed by atoms with Crippen LogP contribution in [0.3, 0.4) is 0 Å². The minimum absolute atomic E-state index is 0.430. The Morgan fingerprint density at radius 3 is 3.00 bits per heavy atom. The summed E-state index contributed by atoms with van der Waals surface area (Å²) in [5, 5.41) is 14.9. The van der Waals surface area contributed by atoms with Crippen molar-refractivity contribution in [2.24, 2.45) is 13.0 Å². The molecular weight excluding hydrogens is 228 g/mol. The summed E-state index contributed by atoms with van der Waals surface area (Å²) < 4.78 is 7.73. The minimum atomic E-state index is -0.590. The maximum Gasteiger partial charge on any atom is 0.124 e. The van der Waals surface area contributed by atoms with E-state index in [1.165, 1.54) is 6.42 Å². The third kappa shape index (κ3) is 2.45. The third-order valence-corrected chi connectivity index (χ3v) is 4.06. The van der Waals surface area contributed by atoms with Gasteiger partial charge in [-0.05, 0) is 31.7 Å². The van der Waals surface area contributed by atoms with Crippen molar-refractivity contribution in [3.05, 3.63) is 18.0 Å². The lowest BCUT2D eigenvalue weighted by atomic mass is 9.74. The van der Waals surface area contributed by atoms with Crippen LogP contribution in [0, 0.1) is 5.92 Å². The van der Waals surface area contributed by atoms with Crippen molar-refractivity contribution in [1.82, 2.24) is 9.78 Å². The molecule has 4 nitrogen and oxygen atoms in total. The van der Waals surface area contributed by atoms with Crippen LogP contribution < -0.4 is 0 Å². The van der Waals surface area contributed by atoms with Crippen LogP contribution in [-0.4, -0.2) is 27.1 Å². The first kappa shape index (κ1) is 13.6. The first-order valence-corrected chi connectivity index (χ1v) is 6.89. The summed E-state index contributed by atoms with van der Waals surface area (Å²) in [6.45, 7) is 4.88. The quantitative estimate of drug-likeness (QED) is 0.895. The Morgan fingerprint density at radius 2 is 2.44 bits per heavy atom. The van der Waals surface area contributed by atoms with Gasteiger partial charge in [-0.3, -0.25) is 4.68 Å². The van der Waals surface area contributed by atoms with Crippen LogP contribution in [0.25, 0.3) is 0 Å². The summed E-state index contributed by atoms with van der Waals surface area (Å²) >= 11 is 0. The Morgan fingerprint density at radius 1 is 1.67 bits per heavy atom.